The molecule has 2 aromatic rings. The number of carbonyl (C=O) groups excluding carboxylic acids is 2. The molecule has 0 radical (unpaired) electrons. The quantitative estimate of drug-likeness (QED) is 0.865. The molecule has 1 fully saturated rings. The van der Waals surface area contributed by atoms with Crippen LogP contribution in [0.3, 0.4) is 0 Å². The normalized spacial score (nSPS) is 16.8. The highest BCUT2D eigenvalue weighted by atomic mass is 35.5. The topological polar surface area (TPSA) is 88.6 Å². The fraction of sp³-hybridized carbons (Fsp3) is 0.250. The molecule has 3 rings (SSSR count). The van der Waals surface area contributed by atoms with Gasteiger partial charge >= 0.3 is 0 Å². The maximum Gasteiger partial charge on any atom is 0.255 e. The van der Waals surface area contributed by atoms with Gasteiger partial charge in [0.15, 0.2) is 0 Å². The summed E-state index contributed by atoms with van der Waals surface area (Å²) in [5, 5.41) is 3.24. The van der Waals surface area contributed by atoms with Crippen LogP contribution in [-0.2, 0) is 11.3 Å². The fourth-order valence-electron chi connectivity index (χ4n) is 2.57. The van der Waals surface area contributed by atoms with Gasteiger partial charge in [-0.1, -0.05) is 23.7 Å². The molecule has 0 aliphatic carbocycles. The number of halogens is 2. The van der Waals surface area contributed by atoms with Crippen LogP contribution in [-0.4, -0.2) is 24.4 Å². The summed E-state index contributed by atoms with van der Waals surface area (Å²) in [7, 11) is 0. The number of furan rings is 1. The Hall–Kier alpha value is -2.02. The number of carbonyl (C=O) groups is 2. The number of amides is 2. The van der Waals surface area contributed by atoms with E-state index in [1.807, 2.05) is 6.07 Å². The summed E-state index contributed by atoms with van der Waals surface area (Å²) in [6.07, 6.45) is 1.86. The van der Waals surface area contributed by atoms with Gasteiger partial charge < -0.3 is 20.4 Å². The van der Waals surface area contributed by atoms with Crippen molar-refractivity contribution in [1.82, 2.24) is 5.32 Å². The zero-order valence-electron chi connectivity index (χ0n) is 12.7. The van der Waals surface area contributed by atoms with Crippen LogP contribution in [0.15, 0.2) is 41.0 Å². The molecule has 24 heavy (non-hydrogen) atoms. The highest BCUT2D eigenvalue weighted by Gasteiger charge is 2.34. The summed E-state index contributed by atoms with van der Waals surface area (Å²) in [5.74, 6) is -0.00704. The van der Waals surface area contributed by atoms with Crippen molar-refractivity contribution >= 4 is 41.5 Å². The third kappa shape index (κ3) is 3.56. The lowest BCUT2D eigenvalue weighted by atomic mass is 10.2. The van der Waals surface area contributed by atoms with Crippen LogP contribution in [0.25, 0.3) is 0 Å². The van der Waals surface area contributed by atoms with Crippen LogP contribution in [0.4, 0.5) is 5.69 Å². The number of nitrogens with zero attached hydrogens (tertiary/aromatic N) is 1. The maximum absolute atomic E-state index is 12.5. The van der Waals surface area contributed by atoms with Crippen molar-refractivity contribution in [1.29, 1.82) is 0 Å². The van der Waals surface area contributed by atoms with E-state index < -0.39 is 6.04 Å². The molecule has 2 heterocycles. The Morgan fingerprint density at radius 3 is 2.83 bits per heavy atom. The molecule has 6 nitrogen and oxygen atoms in total. The molecule has 1 saturated heterocycles. The average molecular weight is 370 g/mol. The molecule has 1 atom stereocenters. The standard InChI is InChI=1S/C16H16ClN3O3.ClH/c17-12-3-1-2-4-14(12)20-6-5-13(16(20)22)19-15(21)10-7-11(8-18)23-9-10;/h1-4,7,9,13H,5-6,8,18H2,(H,19,21);1H. The van der Waals surface area contributed by atoms with E-state index in [9.17, 15) is 9.59 Å². The second-order valence-corrected chi connectivity index (χ2v) is 5.67. The SMILES string of the molecule is Cl.NCc1cc(C(=O)NC2CCN(c3ccccc3Cl)C2=O)co1. The first-order chi connectivity index (χ1) is 11.1. The third-order valence-corrected chi connectivity index (χ3v) is 4.09. The van der Waals surface area contributed by atoms with Gasteiger partial charge in [0.25, 0.3) is 5.91 Å². The van der Waals surface area contributed by atoms with Gasteiger partial charge in [0.1, 0.15) is 18.1 Å². The second kappa shape index (κ2) is 7.70. The van der Waals surface area contributed by atoms with Gasteiger partial charge in [-0.05, 0) is 24.6 Å². The van der Waals surface area contributed by atoms with Crippen molar-refractivity contribution in [3.05, 3.63) is 52.9 Å². The van der Waals surface area contributed by atoms with E-state index in [4.69, 9.17) is 21.8 Å². The molecular weight excluding hydrogens is 353 g/mol. The van der Waals surface area contributed by atoms with E-state index in [-0.39, 0.29) is 30.8 Å². The third-order valence-electron chi connectivity index (χ3n) is 3.77. The molecule has 0 bridgehead atoms. The van der Waals surface area contributed by atoms with Crippen LogP contribution in [0.5, 0.6) is 0 Å². The molecule has 3 N–H and O–H groups in total. The Bertz CT molecular complexity index is 748. The highest BCUT2D eigenvalue weighted by molar-refractivity contribution is 6.34. The molecule has 1 aliphatic heterocycles. The fourth-order valence-corrected chi connectivity index (χ4v) is 2.81. The van der Waals surface area contributed by atoms with Crippen molar-refractivity contribution in [2.75, 3.05) is 11.4 Å². The molecule has 1 aromatic heterocycles. The lowest BCUT2D eigenvalue weighted by molar-refractivity contribution is -0.118. The number of hydrogen-bond acceptors (Lipinski definition) is 4. The first-order valence-corrected chi connectivity index (χ1v) is 7.62. The molecular formula is C16H17Cl2N3O3. The van der Waals surface area contributed by atoms with Crippen molar-refractivity contribution < 1.29 is 14.0 Å². The van der Waals surface area contributed by atoms with Crippen molar-refractivity contribution in [2.45, 2.75) is 19.0 Å². The minimum Gasteiger partial charge on any atom is -0.467 e. The van der Waals surface area contributed by atoms with Crippen molar-refractivity contribution in [2.24, 2.45) is 5.73 Å². The lowest BCUT2D eigenvalue weighted by Crippen LogP contribution is -2.41. The molecule has 2 amide bonds. The van der Waals surface area contributed by atoms with Gasteiger partial charge in [0.2, 0.25) is 5.91 Å². The Kier molecular flexibility index (Phi) is 5.88. The first kappa shape index (κ1) is 18.3. The highest BCUT2D eigenvalue weighted by Crippen LogP contribution is 2.29. The van der Waals surface area contributed by atoms with Gasteiger partial charge in [0.05, 0.1) is 22.8 Å². The van der Waals surface area contributed by atoms with Gasteiger partial charge in [-0.25, -0.2) is 0 Å². The predicted octanol–water partition coefficient (Wildman–Crippen LogP) is 2.35. The summed E-state index contributed by atoms with van der Waals surface area (Å²) < 4.78 is 5.13. The molecule has 128 valence electrons. The van der Waals surface area contributed by atoms with E-state index in [2.05, 4.69) is 5.32 Å². The molecule has 1 unspecified atom stereocenters. The Morgan fingerprint density at radius 2 is 2.17 bits per heavy atom. The van der Waals surface area contributed by atoms with Crippen LogP contribution < -0.4 is 16.0 Å². The van der Waals surface area contributed by atoms with E-state index >= 15 is 0 Å². The Balaban J connectivity index is 0.00000208. The summed E-state index contributed by atoms with van der Waals surface area (Å²) in [4.78, 5) is 26.3. The smallest absolute Gasteiger partial charge is 0.255 e. The van der Waals surface area contributed by atoms with Gasteiger partial charge in [-0.15, -0.1) is 12.4 Å². The van der Waals surface area contributed by atoms with E-state index in [0.29, 0.717) is 35.0 Å². The molecule has 1 aromatic carbocycles. The average Bonchev–Trinajstić information content (AvgIpc) is 3.16. The van der Waals surface area contributed by atoms with Crippen LogP contribution >= 0.6 is 24.0 Å². The minimum atomic E-state index is -0.574. The van der Waals surface area contributed by atoms with Crippen molar-refractivity contribution in [3.8, 4) is 0 Å². The summed E-state index contributed by atoms with van der Waals surface area (Å²) >= 11 is 6.13. The second-order valence-electron chi connectivity index (χ2n) is 5.26. The zero-order chi connectivity index (χ0) is 16.4. The number of hydrogen-bond donors (Lipinski definition) is 2. The number of para-hydroxylation sites is 1. The predicted molar refractivity (Wildman–Crippen MR) is 93.5 cm³/mol. The van der Waals surface area contributed by atoms with Gasteiger partial charge in [-0.2, -0.15) is 0 Å². The Labute approximate surface area is 150 Å². The summed E-state index contributed by atoms with van der Waals surface area (Å²) in [6.45, 7) is 0.725. The minimum absolute atomic E-state index is 0. The molecule has 0 saturated carbocycles. The van der Waals surface area contributed by atoms with E-state index in [1.54, 1.807) is 29.2 Å². The number of nitrogens with one attached hydrogen (secondary N) is 1. The molecule has 1 aliphatic rings. The Morgan fingerprint density at radius 1 is 1.42 bits per heavy atom. The van der Waals surface area contributed by atoms with E-state index in [0.717, 1.165) is 0 Å². The van der Waals surface area contributed by atoms with Crippen molar-refractivity contribution in [3.63, 3.8) is 0 Å². The van der Waals surface area contributed by atoms with Crippen LogP contribution in [0, 0.1) is 0 Å². The largest absolute Gasteiger partial charge is 0.467 e. The lowest BCUT2D eigenvalue weighted by Gasteiger charge is -2.18. The monoisotopic (exact) mass is 369 g/mol. The summed E-state index contributed by atoms with van der Waals surface area (Å²) in [5.41, 5.74) is 6.46. The molecule has 8 heteroatoms. The first-order valence-electron chi connectivity index (χ1n) is 7.24. The molecule has 0 spiro atoms. The number of nitrogens with two attached hydrogens (primary N) is 1. The number of rotatable bonds is 4. The van der Waals surface area contributed by atoms with Crippen LogP contribution in [0.1, 0.15) is 22.5 Å². The number of benzene rings is 1. The maximum atomic E-state index is 12.5. The van der Waals surface area contributed by atoms with E-state index in [1.165, 1.54) is 6.26 Å². The van der Waals surface area contributed by atoms with Crippen LogP contribution in [0.2, 0.25) is 5.02 Å². The van der Waals surface area contributed by atoms with Gasteiger partial charge in [0, 0.05) is 6.54 Å². The summed E-state index contributed by atoms with van der Waals surface area (Å²) in [6, 6.07) is 8.14. The number of anilines is 1. The van der Waals surface area contributed by atoms with Gasteiger partial charge in [-0.3, -0.25) is 9.59 Å². The zero-order valence-corrected chi connectivity index (χ0v) is 14.3.